The Morgan fingerprint density at radius 3 is 2.92 bits per heavy atom. The summed E-state index contributed by atoms with van der Waals surface area (Å²) in [5.74, 6) is 0. The third kappa shape index (κ3) is 3.02. The van der Waals surface area contributed by atoms with E-state index in [0.29, 0.717) is 0 Å². The van der Waals surface area contributed by atoms with Gasteiger partial charge in [-0.3, -0.25) is 0 Å². The molecule has 4 nitrogen and oxygen atoms in total. The molecular weight excluding hydrogens is 186 g/mol. The van der Waals surface area contributed by atoms with Crippen molar-refractivity contribution in [2.24, 2.45) is 5.73 Å². The summed E-state index contributed by atoms with van der Waals surface area (Å²) in [6.45, 7) is 2.70. The van der Waals surface area contributed by atoms with Crippen molar-refractivity contribution in [1.82, 2.24) is 9.59 Å². The number of rotatable bonds is 5. The van der Waals surface area contributed by atoms with Crippen LogP contribution in [0.3, 0.4) is 0 Å². The van der Waals surface area contributed by atoms with Crippen LogP contribution < -0.4 is 5.73 Å². The van der Waals surface area contributed by atoms with E-state index in [4.69, 9.17) is 10.5 Å². The molecule has 13 heavy (non-hydrogen) atoms. The fourth-order valence-electron chi connectivity index (χ4n) is 1.16. The molecule has 5 heteroatoms. The van der Waals surface area contributed by atoms with Crippen LogP contribution in [0.4, 0.5) is 0 Å². The molecule has 0 aliphatic rings. The van der Waals surface area contributed by atoms with Gasteiger partial charge in [0.1, 0.15) is 0 Å². The van der Waals surface area contributed by atoms with Gasteiger partial charge in [0.05, 0.1) is 10.6 Å². The zero-order valence-corrected chi connectivity index (χ0v) is 8.80. The molecule has 0 bridgehead atoms. The number of methoxy groups -OCH3 is 1. The fourth-order valence-corrected chi connectivity index (χ4v) is 1.83. The van der Waals surface area contributed by atoms with Crippen molar-refractivity contribution in [3.63, 3.8) is 0 Å². The van der Waals surface area contributed by atoms with Crippen LogP contribution >= 0.6 is 11.5 Å². The van der Waals surface area contributed by atoms with Gasteiger partial charge in [-0.25, -0.2) is 0 Å². The summed E-state index contributed by atoms with van der Waals surface area (Å²) in [6, 6.07) is 0.0650. The topological polar surface area (TPSA) is 61.0 Å². The minimum atomic E-state index is 0.0650. The Labute approximate surface area is 82.3 Å². The van der Waals surface area contributed by atoms with Gasteiger partial charge in [0.15, 0.2) is 0 Å². The lowest BCUT2D eigenvalue weighted by Crippen LogP contribution is -2.10. The molecule has 0 aromatic carbocycles. The molecular formula is C8H15N3OS. The van der Waals surface area contributed by atoms with E-state index in [1.165, 1.54) is 11.5 Å². The first-order valence-electron chi connectivity index (χ1n) is 4.29. The highest BCUT2D eigenvalue weighted by atomic mass is 32.1. The number of aromatic nitrogens is 2. The van der Waals surface area contributed by atoms with Crippen LogP contribution in [0.2, 0.25) is 0 Å². The summed E-state index contributed by atoms with van der Waals surface area (Å²) in [7, 11) is 1.70. The maximum atomic E-state index is 5.96. The molecule has 1 aromatic rings. The molecule has 1 heterocycles. The Bertz CT molecular complexity index is 251. The Morgan fingerprint density at radius 1 is 1.62 bits per heavy atom. The highest BCUT2D eigenvalue weighted by Crippen LogP contribution is 2.21. The van der Waals surface area contributed by atoms with Crippen LogP contribution in [-0.4, -0.2) is 23.3 Å². The van der Waals surface area contributed by atoms with Crippen LogP contribution in [0, 0.1) is 6.92 Å². The predicted molar refractivity (Wildman–Crippen MR) is 52.7 cm³/mol. The Hall–Kier alpha value is -0.520. The molecule has 1 unspecified atom stereocenters. The number of hydrogen-bond acceptors (Lipinski definition) is 5. The molecule has 0 saturated carbocycles. The van der Waals surface area contributed by atoms with Crippen LogP contribution in [0.15, 0.2) is 0 Å². The van der Waals surface area contributed by atoms with Crippen molar-refractivity contribution < 1.29 is 4.74 Å². The first-order valence-corrected chi connectivity index (χ1v) is 5.06. The van der Waals surface area contributed by atoms with E-state index >= 15 is 0 Å². The maximum absolute atomic E-state index is 5.96. The lowest BCUT2D eigenvalue weighted by molar-refractivity contribution is 0.190. The van der Waals surface area contributed by atoms with E-state index in [1.807, 2.05) is 6.92 Å². The largest absolute Gasteiger partial charge is 0.385 e. The average molecular weight is 201 g/mol. The summed E-state index contributed by atoms with van der Waals surface area (Å²) >= 11 is 1.39. The van der Waals surface area contributed by atoms with Crippen LogP contribution in [0.25, 0.3) is 0 Å². The van der Waals surface area contributed by atoms with Crippen LogP contribution in [0.5, 0.6) is 0 Å². The molecule has 0 aliphatic heterocycles. The Balaban J connectivity index is 2.39. The Kier molecular flexibility index (Phi) is 4.27. The second-order valence-electron chi connectivity index (χ2n) is 2.96. The van der Waals surface area contributed by atoms with Gasteiger partial charge in [-0.15, -0.1) is 5.10 Å². The van der Waals surface area contributed by atoms with Crippen molar-refractivity contribution in [2.45, 2.75) is 25.8 Å². The van der Waals surface area contributed by atoms with Crippen LogP contribution in [-0.2, 0) is 4.74 Å². The molecule has 0 fully saturated rings. The number of aryl methyl sites for hydroxylation is 1. The van der Waals surface area contributed by atoms with Gasteiger partial charge >= 0.3 is 0 Å². The number of nitrogens with zero attached hydrogens (tertiary/aromatic N) is 2. The molecule has 0 spiro atoms. The average Bonchev–Trinajstić information content (AvgIpc) is 2.52. The molecule has 1 aromatic heterocycles. The molecule has 0 amide bonds. The van der Waals surface area contributed by atoms with Gasteiger partial charge < -0.3 is 10.5 Å². The van der Waals surface area contributed by atoms with E-state index in [-0.39, 0.29) is 6.04 Å². The molecule has 0 aliphatic carbocycles. The van der Waals surface area contributed by atoms with Crippen molar-refractivity contribution in [1.29, 1.82) is 0 Å². The van der Waals surface area contributed by atoms with E-state index in [1.54, 1.807) is 7.11 Å². The lowest BCUT2D eigenvalue weighted by atomic mass is 10.1. The monoisotopic (exact) mass is 201 g/mol. The standard InChI is InChI=1S/C8H15N3OS/c1-6-8(13-11-10-6)7(9)4-3-5-12-2/h7H,3-5,9H2,1-2H3. The highest BCUT2D eigenvalue weighted by Gasteiger charge is 2.11. The molecule has 1 atom stereocenters. The van der Waals surface area contributed by atoms with Crippen molar-refractivity contribution >= 4 is 11.5 Å². The maximum Gasteiger partial charge on any atom is 0.0772 e. The first kappa shape index (κ1) is 10.6. The van der Waals surface area contributed by atoms with Crippen LogP contribution in [0.1, 0.15) is 29.5 Å². The fraction of sp³-hybridized carbons (Fsp3) is 0.750. The van der Waals surface area contributed by atoms with Crippen molar-refractivity contribution in [3.8, 4) is 0 Å². The predicted octanol–water partition coefficient (Wildman–Crippen LogP) is 1.27. The first-order chi connectivity index (χ1) is 6.25. The lowest BCUT2D eigenvalue weighted by Gasteiger charge is -2.08. The van der Waals surface area contributed by atoms with E-state index < -0.39 is 0 Å². The molecule has 0 saturated heterocycles. The number of ether oxygens (including phenoxy) is 1. The quantitative estimate of drug-likeness (QED) is 0.729. The minimum Gasteiger partial charge on any atom is -0.385 e. The highest BCUT2D eigenvalue weighted by molar-refractivity contribution is 7.05. The zero-order chi connectivity index (χ0) is 9.68. The number of hydrogen-bond donors (Lipinski definition) is 1. The van der Waals surface area contributed by atoms with Gasteiger partial charge in [0, 0.05) is 19.8 Å². The van der Waals surface area contributed by atoms with Crippen molar-refractivity contribution in [2.75, 3.05) is 13.7 Å². The number of nitrogens with two attached hydrogens (primary N) is 1. The summed E-state index contributed by atoms with van der Waals surface area (Å²) < 4.78 is 8.81. The summed E-state index contributed by atoms with van der Waals surface area (Å²) in [4.78, 5) is 1.09. The van der Waals surface area contributed by atoms with E-state index in [2.05, 4.69) is 9.59 Å². The molecule has 74 valence electrons. The summed E-state index contributed by atoms with van der Waals surface area (Å²) in [6.07, 6.45) is 1.91. The van der Waals surface area contributed by atoms with E-state index in [9.17, 15) is 0 Å². The second kappa shape index (κ2) is 5.26. The smallest absolute Gasteiger partial charge is 0.0772 e. The van der Waals surface area contributed by atoms with E-state index in [0.717, 1.165) is 30.0 Å². The SMILES string of the molecule is COCCCC(N)c1snnc1C. The van der Waals surface area contributed by atoms with Gasteiger partial charge in [-0.05, 0) is 31.3 Å². The van der Waals surface area contributed by atoms with Crippen molar-refractivity contribution in [3.05, 3.63) is 10.6 Å². The molecule has 0 radical (unpaired) electrons. The van der Waals surface area contributed by atoms with Gasteiger partial charge in [-0.2, -0.15) is 0 Å². The Morgan fingerprint density at radius 2 is 2.38 bits per heavy atom. The van der Waals surface area contributed by atoms with Gasteiger partial charge in [-0.1, -0.05) is 4.49 Å². The summed E-state index contributed by atoms with van der Waals surface area (Å²) in [5, 5.41) is 3.92. The third-order valence-corrected chi connectivity index (χ3v) is 2.85. The third-order valence-electron chi connectivity index (χ3n) is 1.89. The molecule has 1 rings (SSSR count). The minimum absolute atomic E-state index is 0.0650. The second-order valence-corrected chi connectivity index (χ2v) is 3.75. The van der Waals surface area contributed by atoms with Gasteiger partial charge in [0.2, 0.25) is 0 Å². The normalized spacial score (nSPS) is 13.2. The molecule has 2 N–H and O–H groups in total. The summed E-state index contributed by atoms with van der Waals surface area (Å²) in [5.41, 5.74) is 6.91. The zero-order valence-electron chi connectivity index (χ0n) is 7.99. The van der Waals surface area contributed by atoms with Gasteiger partial charge in [0.25, 0.3) is 0 Å².